The van der Waals surface area contributed by atoms with Crippen molar-refractivity contribution in [3.8, 4) is 11.5 Å². The van der Waals surface area contributed by atoms with Crippen molar-refractivity contribution in [2.45, 2.75) is 0 Å². The van der Waals surface area contributed by atoms with Gasteiger partial charge in [-0.25, -0.2) is 0 Å². The van der Waals surface area contributed by atoms with E-state index in [1.165, 1.54) is 31.3 Å². The molecule has 0 spiro atoms. The van der Waals surface area contributed by atoms with Gasteiger partial charge in [0.1, 0.15) is 11.5 Å². The van der Waals surface area contributed by atoms with Gasteiger partial charge in [-0.05, 0) is 36.4 Å². The molecule has 0 aliphatic carbocycles. The molecule has 2 amide bonds. The highest BCUT2D eigenvalue weighted by atomic mass is 35.5. The van der Waals surface area contributed by atoms with Crippen molar-refractivity contribution in [1.29, 1.82) is 0 Å². The molecule has 0 heterocycles. The quantitative estimate of drug-likeness (QED) is 0.471. The van der Waals surface area contributed by atoms with E-state index in [9.17, 15) is 9.59 Å². The van der Waals surface area contributed by atoms with Crippen molar-refractivity contribution in [2.24, 2.45) is 0 Å². The van der Waals surface area contributed by atoms with E-state index in [2.05, 4.69) is 5.32 Å². The minimum Gasteiger partial charge on any atom is -0.495 e. The van der Waals surface area contributed by atoms with Crippen LogP contribution in [0.25, 0.3) is 0 Å². The second kappa shape index (κ2) is 9.19. The van der Waals surface area contributed by atoms with Crippen LogP contribution in [0.2, 0.25) is 5.02 Å². The third-order valence-corrected chi connectivity index (χ3v) is 4.58. The maximum Gasteiger partial charge on any atom is 0.321 e. The first-order valence-electron chi connectivity index (χ1n) is 8.92. The van der Waals surface area contributed by atoms with Crippen LogP contribution in [0, 0.1) is 0 Å². The van der Waals surface area contributed by atoms with Gasteiger partial charge in [-0.1, -0.05) is 29.8 Å². The second-order valence-electron chi connectivity index (χ2n) is 6.21. The molecule has 0 aliphatic rings. The molecule has 3 rings (SSSR count). The molecule has 3 N–H and O–H groups in total. The van der Waals surface area contributed by atoms with Gasteiger partial charge in [0, 0.05) is 29.2 Å². The fourth-order valence-electron chi connectivity index (χ4n) is 2.82. The Morgan fingerprint density at radius 2 is 1.50 bits per heavy atom. The van der Waals surface area contributed by atoms with Gasteiger partial charge in [-0.3, -0.25) is 14.5 Å². The predicted molar refractivity (Wildman–Crippen MR) is 118 cm³/mol. The Balaban J connectivity index is 1.95. The number of ether oxygens (including phenoxy) is 2. The van der Waals surface area contributed by atoms with E-state index in [4.69, 9.17) is 26.8 Å². The number of methoxy groups -OCH3 is 2. The van der Waals surface area contributed by atoms with Gasteiger partial charge in [0.15, 0.2) is 0 Å². The molecule has 8 heteroatoms. The van der Waals surface area contributed by atoms with Crippen LogP contribution in [0.4, 0.5) is 22.7 Å². The van der Waals surface area contributed by atoms with Crippen molar-refractivity contribution in [3.63, 3.8) is 0 Å². The molecule has 3 aromatic carbocycles. The van der Waals surface area contributed by atoms with Gasteiger partial charge in [-0.15, -0.1) is 0 Å². The molecule has 0 unspecified atom stereocenters. The fourth-order valence-corrected chi connectivity index (χ4v) is 3.05. The van der Waals surface area contributed by atoms with E-state index in [1.54, 1.807) is 48.5 Å². The molecule has 30 heavy (non-hydrogen) atoms. The number of hydrogen-bond acceptors (Lipinski definition) is 5. The molecular formula is C22H20ClN3O4. The standard InChI is InChI=1S/C22H20ClN3O4/c1-29-19-13-18(20(30-2)12-17(19)23)25-21(27)22(28)26(15-6-4-3-5-7-15)16-10-8-14(24)9-11-16/h3-13H,24H2,1-2H3,(H,25,27). The van der Waals surface area contributed by atoms with Crippen LogP contribution < -0.4 is 25.4 Å². The molecule has 7 nitrogen and oxygen atoms in total. The largest absolute Gasteiger partial charge is 0.495 e. The van der Waals surface area contributed by atoms with Crippen LogP contribution in [0.15, 0.2) is 66.7 Å². The molecule has 0 aromatic heterocycles. The lowest BCUT2D eigenvalue weighted by atomic mass is 10.2. The summed E-state index contributed by atoms with van der Waals surface area (Å²) in [5, 5.41) is 2.89. The van der Waals surface area contributed by atoms with E-state index in [-0.39, 0.29) is 5.69 Å². The number of anilines is 4. The van der Waals surface area contributed by atoms with Gasteiger partial charge < -0.3 is 20.5 Å². The van der Waals surface area contributed by atoms with Crippen molar-refractivity contribution in [1.82, 2.24) is 0 Å². The maximum atomic E-state index is 13.1. The van der Waals surface area contributed by atoms with Gasteiger partial charge in [0.25, 0.3) is 0 Å². The number of hydrogen-bond donors (Lipinski definition) is 2. The van der Waals surface area contributed by atoms with Gasteiger partial charge in [0.2, 0.25) is 0 Å². The molecule has 0 saturated heterocycles. The second-order valence-corrected chi connectivity index (χ2v) is 6.62. The van der Waals surface area contributed by atoms with Crippen molar-refractivity contribution >= 4 is 46.2 Å². The SMILES string of the molecule is COc1cc(NC(=O)C(=O)N(c2ccccc2)c2ccc(N)cc2)c(OC)cc1Cl. The van der Waals surface area contributed by atoms with Crippen LogP contribution in [0.5, 0.6) is 11.5 Å². The summed E-state index contributed by atoms with van der Waals surface area (Å²) in [6.45, 7) is 0. The summed E-state index contributed by atoms with van der Waals surface area (Å²) in [6, 6.07) is 18.5. The number of halogens is 1. The number of benzene rings is 3. The van der Waals surface area contributed by atoms with Crippen molar-refractivity contribution in [2.75, 3.05) is 30.2 Å². The molecule has 0 radical (unpaired) electrons. The van der Waals surface area contributed by atoms with E-state index in [0.717, 1.165) is 0 Å². The Kier molecular flexibility index (Phi) is 6.44. The van der Waals surface area contributed by atoms with Crippen LogP contribution >= 0.6 is 11.6 Å². The summed E-state index contributed by atoms with van der Waals surface area (Å²) >= 11 is 6.10. The summed E-state index contributed by atoms with van der Waals surface area (Å²) < 4.78 is 10.4. The topological polar surface area (TPSA) is 93.9 Å². The summed E-state index contributed by atoms with van der Waals surface area (Å²) in [5.74, 6) is -1.03. The Bertz CT molecular complexity index is 1060. The number of nitrogens with two attached hydrogens (primary N) is 1. The van der Waals surface area contributed by atoms with E-state index >= 15 is 0 Å². The molecule has 0 fully saturated rings. The number of rotatable bonds is 5. The molecule has 154 valence electrons. The highest BCUT2D eigenvalue weighted by molar-refractivity contribution is 6.46. The summed E-state index contributed by atoms with van der Waals surface area (Å²) in [7, 11) is 2.88. The number of carbonyl (C=O) groups is 2. The van der Waals surface area contributed by atoms with Crippen molar-refractivity contribution < 1.29 is 19.1 Å². The van der Waals surface area contributed by atoms with E-state index < -0.39 is 11.8 Å². The van der Waals surface area contributed by atoms with Gasteiger partial charge >= 0.3 is 11.8 Å². The molecule has 0 bridgehead atoms. The fraction of sp³-hybridized carbons (Fsp3) is 0.0909. The monoisotopic (exact) mass is 425 g/mol. The predicted octanol–water partition coefficient (Wildman–Crippen LogP) is 4.24. The minimum atomic E-state index is -0.863. The van der Waals surface area contributed by atoms with Crippen LogP contribution in [-0.2, 0) is 9.59 Å². The number of nitrogen functional groups attached to an aromatic ring is 1. The number of nitrogens with zero attached hydrogens (tertiary/aromatic N) is 1. The highest BCUT2D eigenvalue weighted by Crippen LogP contribution is 2.36. The lowest BCUT2D eigenvalue weighted by molar-refractivity contribution is -0.134. The average Bonchev–Trinajstić information content (AvgIpc) is 2.76. The zero-order valence-electron chi connectivity index (χ0n) is 16.4. The Morgan fingerprint density at radius 3 is 2.10 bits per heavy atom. The normalized spacial score (nSPS) is 10.2. The molecule has 0 atom stereocenters. The summed E-state index contributed by atoms with van der Waals surface area (Å²) in [6.07, 6.45) is 0. The summed E-state index contributed by atoms with van der Waals surface area (Å²) in [4.78, 5) is 27.3. The first-order chi connectivity index (χ1) is 14.4. The molecule has 3 aromatic rings. The van der Waals surface area contributed by atoms with E-state index in [0.29, 0.717) is 33.6 Å². The number of carbonyl (C=O) groups excluding carboxylic acids is 2. The number of nitrogens with one attached hydrogen (secondary N) is 1. The molecule has 0 saturated carbocycles. The molecule has 0 aliphatic heterocycles. The number of amides is 2. The zero-order valence-corrected chi connectivity index (χ0v) is 17.1. The van der Waals surface area contributed by atoms with Gasteiger partial charge in [0.05, 0.1) is 24.9 Å². The Morgan fingerprint density at radius 1 is 0.900 bits per heavy atom. The van der Waals surface area contributed by atoms with Crippen LogP contribution in [0.1, 0.15) is 0 Å². The maximum absolute atomic E-state index is 13.1. The first kappa shape index (κ1) is 21.0. The summed E-state index contributed by atoms with van der Waals surface area (Å²) in [5.41, 5.74) is 7.58. The number of para-hydroxylation sites is 1. The zero-order chi connectivity index (χ0) is 21.7. The Hall–Kier alpha value is -3.71. The van der Waals surface area contributed by atoms with Crippen LogP contribution in [-0.4, -0.2) is 26.0 Å². The average molecular weight is 426 g/mol. The van der Waals surface area contributed by atoms with E-state index in [1.807, 2.05) is 6.07 Å². The minimum absolute atomic E-state index is 0.252. The third-order valence-electron chi connectivity index (χ3n) is 4.29. The first-order valence-corrected chi connectivity index (χ1v) is 9.30. The highest BCUT2D eigenvalue weighted by Gasteiger charge is 2.26. The van der Waals surface area contributed by atoms with Gasteiger partial charge in [-0.2, -0.15) is 0 Å². The Labute approximate surface area is 179 Å². The lowest BCUT2D eigenvalue weighted by Gasteiger charge is -2.23. The van der Waals surface area contributed by atoms with Crippen molar-refractivity contribution in [3.05, 3.63) is 71.8 Å². The van der Waals surface area contributed by atoms with Crippen LogP contribution in [0.3, 0.4) is 0 Å². The smallest absolute Gasteiger partial charge is 0.321 e. The molecular weight excluding hydrogens is 406 g/mol. The lowest BCUT2D eigenvalue weighted by Crippen LogP contribution is -2.36. The third kappa shape index (κ3) is 4.47.